The molecule has 0 aliphatic carbocycles. The van der Waals surface area contributed by atoms with Crippen molar-refractivity contribution < 1.29 is 0 Å². The molecular formula is C14H15BrClNS. The largest absolute Gasteiger partial charge is 0.303 e. The van der Waals surface area contributed by atoms with E-state index in [0.29, 0.717) is 6.04 Å². The molecule has 2 aromatic rings. The molecule has 0 aliphatic rings. The molecule has 2 rings (SSSR count). The van der Waals surface area contributed by atoms with Gasteiger partial charge in [-0.3, -0.25) is 0 Å². The van der Waals surface area contributed by atoms with Gasteiger partial charge in [0.1, 0.15) is 0 Å². The van der Waals surface area contributed by atoms with Gasteiger partial charge in [-0.25, -0.2) is 0 Å². The zero-order chi connectivity index (χ0) is 13.1. The molecule has 18 heavy (non-hydrogen) atoms. The van der Waals surface area contributed by atoms with Crippen LogP contribution < -0.4 is 5.32 Å². The third-order valence-corrected chi connectivity index (χ3v) is 5.11. The second-order valence-corrected chi connectivity index (χ2v) is 6.56. The molecule has 1 unspecified atom stereocenters. The summed E-state index contributed by atoms with van der Waals surface area (Å²) in [5.74, 6) is 0. The van der Waals surface area contributed by atoms with Gasteiger partial charge in [0.05, 0.1) is 0 Å². The molecule has 1 nitrogen and oxygen atoms in total. The lowest BCUT2D eigenvalue weighted by Gasteiger charge is -2.20. The van der Waals surface area contributed by atoms with Gasteiger partial charge in [-0.1, -0.05) is 29.8 Å². The first-order valence-corrected chi connectivity index (χ1v) is 7.87. The second kappa shape index (κ2) is 6.20. The van der Waals surface area contributed by atoms with Crippen LogP contribution in [0.3, 0.4) is 0 Å². The fourth-order valence-corrected chi connectivity index (χ4v) is 3.69. The first-order valence-electron chi connectivity index (χ1n) is 5.82. The Kier molecular flexibility index (Phi) is 4.84. The molecule has 1 heterocycles. The minimum Gasteiger partial charge on any atom is -0.303 e. The SMILES string of the molecule is CC(N[C@H](C)c1ccccc1Cl)c1cc(Br)cs1. The van der Waals surface area contributed by atoms with Crippen molar-refractivity contribution in [1.29, 1.82) is 0 Å². The highest BCUT2D eigenvalue weighted by atomic mass is 79.9. The highest BCUT2D eigenvalue weighted by Crippen LogP contribution is 2.29. The van der Waals surface area contributed by atoms with Gasteiger partial charge >= 0.3 is 0 Å². The minimum absolute atomic E-state index is 0.231. The number of thiophene rings is 1. The average molecular weight is 345 g/mol. The fraction of sp³-hybridized carbons (Fsp3) is 0.286. The number of halogens is 2. The van der Waals surface area contributed by atoms with Crippen molar-refractivity contribution in [2.24, 2.45) is 0 Å². The highest BCUT2D eigenvalue weighted by molar-refractivity contribution is 9.10. The maximum absolute atomic E-state index is 6.21. The van der Waals surface area contributed by atoms with E-state index in [2.05, 4.69) is 52.6 Å². The third-order valence-electron chi connectivity index (χ3n) is 2.89. The summed E-state index contributed by atoms with van der Waals surface area (Å²) >= 11 is 11.4. The van der Waals surface area contributed by atoms with Crippen molar-refractivity contribution >= 4 is 38.9 Å². The zero-order valence-corrected chi connectivity index (χ0v) is 13.4. The van der Waals surface area contributed by atoms with Crippen LogP contribution in [0.15, 0.2) is 40.2 Å². The molecule has 96 valence electrons. The standard InChI is InChI=1S/C14H15BrClNS/c1-9(12-5-3-4-6-13(12)16)17-10(2)14-7-11(15)8-18-14/h3-10,17H,1-2H3/t9-,10?/m1/s1. The van der Waals surface area contributed by atoms with Crippen LogP contribution in [-0.4, -0.2) is 0 Å². The Hall–Kier alpha value is -0.350. The summed E-state index contributed by atoms with van der Waals surface area (Å²) in [7, 11) is 0. The van der Waals surface area contributed by atoms with Crippen molar-refractivity contribution in [3.8, 4) is 0 Å². The molecule has 0 radical (unpaired) electrons. The van der Waals surface area contributed by atoms with Gasteiger partial charge in [0.2, 0.25) is 0 Å². The van der Waals surface area contributed by atoms with Crippen molar-refractivity contribution in [1.82, 2.24) is 5.32 Å². The summed E-state index contributed by atoms with van der Waals surface area (Å²) in [6, 6.07) is 10.7. The Morgan fingerprint density at radius 3 is 2.56 bits per heavy atom. The monoisotopic (exact) mass is 343 g/mol. The molecule has 1 aromatic heterocycles. The van der Waals surface area contributed by atoms with Crippen LogP contribution in [0.1, 0.15) is 36.4 Å². The van der Waals surface area contributed by atoms with E-state index in [9.17, 15) is 0 Å². The van der Waals surface area contributed by atoms with Gasteiger partial charge < -0.3 is 5.32 Å². The maximum atomic E-state index is 6.21. The van der Waals surface area contributed by atoms with Gasteiger partial charge in [-0.05, 0) is 47.5 Å². The first kappa shape index (κ1) is 14.1. The number of hydrogen-bond donors (Lipinski definition) is 1. The maximum Gasteiger partial charge on any atom is 0.0453 e. The number of benzene rings is 1. The lowest BCUT2D eigenvalue weighted by molar-refractivity contribution is 0.500. The van der Waals surface area contributed by atoms with E-state index in [0.717, 1.165) is 15.1 Å². The average Bonchev–Trinajstić information content (AvgIpc) is 2.76. The summed E-state index contributed by atoms with van der Waals surface area (Å²) in [4.78, 5) is 1.32. The minimum atomic E-state index is 0.231. The van der Waals surface area contributed by atoms with E-state index in [1.807, 2.05) is 18.2 Å². The van der Waals surface area contributed by atoms with Gasteiger partial charge in [0.15, 0.2) is 0 Å². The zero-order valence-electron chi connectivity index (χ0n) is 10.3. The van der Waals surface area contributed by atoms with E-state index in [-0.39, 0.29) is 6.04 Å². The van der Waals surface area contributed by atoms with Crippen LogP contribution >= 0.6 is 38.9 Å². The lowest BCUT2D eigenvalue weighted by Crippen LogP contribution is -2.22. The topological polar surface area (TPSA) is 12.0 Å². The van der Waals surface area contributed by atoms with Crippen molar-refractivity contribution in [2.75, 3.05) is 0 Å². The Morgan fingerprint density at radius 2 is 1.94 bits per heavy atom. The quantitative estimate of drug-likeness (QED) is 0.764. The summed E-state index contributed by atoms with van der Waals surface area (Å²) in [6.45, 7) is 4.31. The Morgan fingerprint density at radius 1 is 1.22 bits per heavy atom. The number of nitrogens with one attached hydrogen (secondary N) is 1. The Labute approximate surface area is 125 Å². The van der Waals surface area contributed by atoms with Crippen LogP contribution in [0.4, 0.5) is 0 Å². The molecule has 0 saturated heterocycles. The van der Waals surface area contributed by atoms with E-state index < -0.39 is 0 Å². The van der Waals surface area contributed by atoms with Crippen LogP contribution in [0.5, 0.6) is 0 Å². The van der Waals surface area contributed by atoms with E-state index >= 15 is 0 Å². The molecule has 4 heteroatoms. The molecule has 0 spiro atoms. The molecule has 1 N–H and O–H groups in total. The fourth-order valence-electron chi connectivity index (χ4n) is 1.93. The smallest absolute Gasteiger partial charge is 0.0453 e. The van der Waals surface area contributed by atoms with Crippen LogP contribution in [-0.2, 0) is 0 Å². The van der Waals surface area contributed by atoms with Gasteiger partial charge in [-0.2, -0.15) is 0 Å². The first-order chi connectivity index (χ1) is 8.58. The van der Waals surface area contributed by atoms with Gasteiger partial charge in [0, 0.05) is 31.8 Å². The van der Waals surface area contributed by atoms with Gasteiger partial charge in [-0.15, -0.1) is 11.3 Å². The Bertz CT molecular complexity index is 526. The predicted octanol–water partition coefficient (Wildman–Crippen LogP) is 5.58. The summed E-state index contributed by atoms with van der Waals surface area (Å²) in [5, 5.41) is 6.49. The number of rotatable bonds is 4. The normalized spacial score (nSPS) is 14.4. The van der Waals surface area contributed by atoms with Crippen LogP contribution in [0, 0.1) is 0 Å². The predicted molar refractivity (Wildman–Crippen MR) is 83.4 cm³/mol. The molecule has 2 atom stereocenters. The van der Waals surface area contributed by atoms with Crippen molar-refractivity contribution in [3.05, 3.63) is 55.6 Å². The van der Waals surface area contributed by atoms with Crippen molar-refractivity contribution in [2.45, 2.75) is 25.9 Å². The van der Waals surface area contributed by atoms with Crippen LogP contribution in [0.2, 0.25) is 5.02 Å². The summed E-state index contributed by atoms with van der Waals surface area (Å²) in [6.07, 6.45) is 0. The summed E-state index contributed by atoms with van der Waals surface area (Å²) in [5.41, 5.74) is 1.14. The molecule has 0 aliphatic heterocycles. The molecule has 0 bridgehead atoms. The highest BCUT2D eigenvalue weighted by Gasteiger charge is 2.14. The third kappa shape index (κ3) is 3.35. The van der Waals surface area contributed by atoms with E-state index in [1.54, 1.807) is 11.3 Å². The molecule has 0 saturated carbocycles. The van der Waals surface area contributed by atoms with E-state index in [4.69, 9.17) is 11.6 Å². The summed E-state index contributed by atoms with van der Waals surface area (Å²) < 4.78 is 1.14. The molecule has 1 aromatic carbocycles. The van der Waals surface area contributed by atoms with Crippen LogP contribution in [0.25, 0.3) is 0 Å². The van der Waals surface area contributed by atoms with Gasteiger partial charge in [0.25, 0.3) is 0 Å². The van der Waals surface area contributed by atoms with Crippen molar-refractivity contribution in [3.63, 3.8) is 0 Å². The lowest BCUT2D eigenvalue weighted by atomic mass is 10.1. The number of hydrogen-bond acceptors (Lipinski definition) is 2. The molecule has 0 amide bonds. The Balaban J connectivity index is 2.08. The molecular weight excluding hydrogens is 330 g/mol. The second-order valence-electron chi connectivity index (χ2n) is 4.30. The van der Waals surface area contributed by atoms with E-state index in [1.165, 1.54) is 4.88 Å². The molecule has 0 fully saturated rings.